The van der Waals surface area contributed by atoms with Gasteiger partial charge in [-0.25, -0.2) is 0 Å². The Morgan fingerprint density at radius 3 is 2.86 bits per heavy atom. The monoisotopic (exact) mass is 197 g/mol. The number of hydrogen-bond acceptors (Lipinski definition) is 2. The van der Waals surface area contributed by atoms with Crippen LogP contribution in [0, 0.1) is 0 Å². The molecule has 82 valence electrons. The molecule has 0 aliphatic carbocycles. The Kier molecular flexibility index (Phi) is 5.20. The maximum Gasteiger partial charge on any atom is 0.0766 e. The van der Waals surface area contributed by atoms with Crippen molar-refractivity contribution in [3.8, 4) is 0 Å². The summed E-state index contributed by atoms with van der Waals surface area (Å²) in [7, 11) is 0. The summed E-state index contributed by atoms with van der Waals surface area (Å²) in [5, 5.41) is 3.51. The SMILES string of the molecule is C=C(C)C(NCCC)C1CCCCO1. The first-order valence-electron chi connectivity index (χ1n) is 5.76. The van der Waals surface area contributed by atoms with Crippen LogP contribution in [0.25, 0.3) is 0 Å². The van der Waals surface area contributed by atoms with Crippen molar-refractivity contribution >= 4 is 0 Å². The Morgan fingerprint density at radius 2 is 2.36 bits per heavy atom. The molecule has 0 bridgehead atoms. The van der Waals surface area contributed by atoms with Crippen LogP contribution in [0.1, 0.15) is 39.5 Å². The molecule has 0 aromatic heterocycles. The molecular weight excluding hydrogens is 174 g/mol. The van der Waals surface area contributed by atoms with Gasteiger partial charge in [0.15, 0.2) is 0 Å². The van der Waals surface area contributed by atoms with Crippen LogP contribution in [-0.2, 0) is 4.74 Å². The predicted octanol–water partition coefficient (Wildman–Crippen LogP) is 2.50. The largest absolute Gasteiger partial charge is 0.376 e. The highest BCUT2D eigenvalue weighted by Gasteiger charge is 2.24. The highest BCUT2D eigenvalue weighted by molar-refractivity contribution is 5.05. The summed E-state index contributed by atoms with van der Waals surface area (Å²) in [5.41, 5.74) is 1.20. The summed E-state index contributed by atoms with van der Waals surface area (Å²) in [6.45, 7) is 10.3. The third kappa shape index (κ3) is 3.43. The molecule has 1 aliphatic heterocycles. The van der Waals surface area contributed by atoms with E-state index in [1.807, 2.05) is 0 Å². The van der Waals surface area contributed by atoms with Gasteiger partial charge < -0.3 is 10.1 Å². The lowest BCUT2D eigenvalue weighted by Gasteiger charge is -2.31. The average molecular weight is 197 g/mol. The van der Waals surface area contributed by atoms with Crippen molar-refractivity contribution < 1.29 is 4.74 Å². The fraction of sp³-hybridized carbons (Fsp3) is 0.833. The normalized spacial score (nSPS) is 24.6. The number of ether oxygens (including phenoxy) is 1. The van der Waals surface area contributed by atoms with Crippen LogP contribution in [0.5, 0.6) is 0 Å². The molecule has 2 nitrogen and oxygen atoms in total. The van der Waals surface area contributed by atoms with E-state index in [0.717, 1.165) is 19.6 Å². The van der Waals surface area contributed by atoms with Gasteiger partial charge in [-0.05, 0) is 39.2 Å². The first-order valence-corrected chi connectivity index (χ1v) is 5.76. The highest BCUT2D eigenvalue weighted by Crippen LogP contribution is 2.19. The van der Waals surface area contributed by atoms with Crippen molar-refractivity contribution in [2.75, 3.05) is 13.2 Å². The van der Waals surface area contributed by atoms with Crippen molar-refractivity contribution in [3.05, 3.63) is 12.2 Å². The van der Waals surface area contributed by atoms with Gasteiger partial charge in [-0.2, -0.15) is 0 Å². The second kappa shape index (κ2) is 6.20. The third-order valence-electron chi connectivity index (χ3n) is 2.73. The molecule has 1 aliphatic rings. The molecule has 14 heavy (non-hydrogen) atoms. The minimum atomic E-state index is 0.354. The van der Waals surface area contributed by atoms with Gasteiger partial charge in [-0.1, -0.05) is 19.1 Å². The van der Waals surface area contributed by atoms with Crippen LogP contribution in [0.15, 0.2) is 12.2 Å². The van der Waals surface area contributed by atoms with Gasteiger partial charge in [0.05, 0.1) is 12.1 Å². The van der Waals surface area contributed by atoms with Crippen LogP contribution in [0.3, 0.4) is 0 Å². The minimum absolute atomic E-state index is 0.354. The zero-order valence-corrected chi connectivity index (χ0v) is 9.51. The summed E-state index contributed by atoms with van der Waals surface area (Å²) in [4.78, 5) is 0. The second-order valence-corrected chi connectivity index (χ2v) is 4.18. The molecule has 2 unspecified atom stereocenters. The summed E-state index contributed by atoms with van der Waals surface area (Å²) in [6.07, 6.45) is 5.20. The Morgan fingerprint density at radius 1 is 1.57 bits per heavy atom. The van der Waals surface area contributed by atoms with E-state index >= 15 is 0 Å². The van der Waals surface area contributed by atoms with Crippen LogP contribution in [-0.4, -0.2) is 25.3 Å². The van der Waals surface area contributed by atoms with Gasteiger partial charge >= 0.3 is 0 Å². The molecule has 0 aromatic rings. The molecule has 2 atom stereocenters. The minimum Gasteiger partial charge on any atom is -0.376 e. The molecule has 2 heteroatoms. The summed E-state index contributed by atoms with van der Waals surface area (Å²) >= 11 is 0. The lowest BCUT2D eigenvalue weighted by Crippen LogP contribution is -2.43. The first kappa shape index (κ1) is 11.7. The molecule has 0 aromatic carbocycles. The van der Waals surface area contributed by atoms with Crippen LogP contribution in [0.2, 0.25) is 0 Å². The number of nitrogens with one attached hydrogen (secondary N) is 1. The van der Waals surface area contributed by atoms with Crippen molar-refractivity contribution in [1.29, 1.82) is 0 Å². The van der Waals surface area contributed by atoms with E-state index in [2.05, 4.69) is 25.7 Å². The molecule has 0 amide bonds. The van der Waals surface area contributed by atoms with E-state index in [-0.39, 0.29) is 0 Å². The van der Waals surface area contributed by atoms with Crippen molar-refractivity contribution in [3.63, 3.8) is 0 Å². The smallest absolute Gasteiger partial charge is 0.0766 e. The second-order valence-electron chi connectivity index (χ2n) is 4.18. The molecule has 1 heterocycles. The Hall–Kier alpha value is -0.340. The molecule has 1 N–H and O–H groups in total. The zero-order chi connectivity index (χ0) is 10.4. The summed E-state index contributed by atoms with van der Waals surface area (Å²) < 4.78 is 5.78. The van der Waals surface area contributed by atoms with E-state index in [9.17, 15) is 0 Å². The lowest BCUT2D eigenvalue weighted by atomic mass is 9.97. The molecule has 1 saturated heterocycles. The molecule has 1 rings (SSSR count). The van der Waals surface area contributed by atoms with E-state index in [1.165, 1.54) is 24.8 Å². The standard InChI is InChI=1S/C12H23NO/c1-4-8-13-12(10(2)3)11-7-5-6-9-14-11/h11-13H,2,4-9H2,1,3H3. The predicted molar refractivity (Wildman–Crippen MR) is 60.5 cm³/mol. The van der Waals surface area contributed by atoms with Gasteiger partial charge in [0.25, 0.3) is 0 Å². The third-order valence-corrected chi connectivity index (χ3v) is 2.73. The summed E-state index contributed by atoms with van der Waals surface area (Å²) in [6, 6.07) is 0.357. The van der Waals surface area contributed by atoms with E-state index in [0.29, 0.717) is 12.1 Å². The Labute approximate surface area is 87.7 Å². The van der Waals surface area contributed by atoms with Gasteiger partial charge in [-0.15, -0.1) is 0 Å². The van der Waals surface area contributed by atoms with Gasteiger partial charge in [0.1, 0.15) is 0 Å². The number of rotatable bonds is 5. The molecule has 0 spiro atoms. The fourth-order valence-corrected chi connectivity index (χ4v) is 1.95. The maximum atomic E-state index is 5.78. The molecular formula is C12H23NO. The Balaban J connectivity index is 2.43. The van der Waals surface area contributed by atoms with E-state index in [1.54, 1.807) is 0 Å². The van der Waals surface area contributed by atoms with Crippen LogP contribution < -0.4 is 5.32 Å². The molecule has 1 fully saturated rings. The topological polar surface area (TPSA) is 21.3 Å². The fourth-order valence-electron chi connectivity index (χ4n) is 1.95. The quantitative estimate of drug-likeness (QED) is 0.684. The van der Waals surface area contributed by atoms with Crippen LogP contribution >= 0.6 is 0 Å². The van der Waals surface area contributed by atoms with Crippen LogP contribution in [0.4, 0.5) is 0 Å². The molecule has 0 saturated carbocycles. The molecule has 0 radical (unpaired) electrons. The van der Waals surface area contributed by atoms with E-state index < -0.39 is 0 Å². The average Bonchev–Trinajstić information content (AvgIpc) is 2.19. The highest BCUT2D eigenvalue weighted by atomic mass is 16.5. The van der Waals surface area contributed by atoms with Gasteiger partial charge in [-0.3, -0.25) is 0 Å². The zero-order valence-electron chi connectivity index (χ0n) is 9.51. The van der Waals surface area contributed by atoms with E-state index in [4.69, 9.17) is 4.74 Å². The maximum absolute atomic E-state index is 5.78. The van der Waals surface area contributed by atoms with Crippen molar-refractivity contribution in [2.45, 2.75) is 51.7 Å². The number of hydrogen-bond donors (Lipinski definition) is 1. The lowest BCUT2D eigenvalue weighted by molar-refractivity contribution is 0.000180. The van der Waals surface area contributed by atoms with Gasteiger partial charge in [0.2, 0.25) is 0 Å². The summed E-state index contributed by atoms with van der Waals surface area (Å²) in [5.74, 6) is 0. The Bertz CT molecular complexity index is 173. The van der Waals surface area contributed by atoms with Gasteiger partial charge in [0, 0.05) is 6.61 Å². The van der Waals surface area contributed by atoms with Crippen molar-refractivity contribution in [1.82, 2.24) is 5.32 Å². The first-order chi connectivity index (χ1) is 6.75. The van der Waals surface area contributed by atoms with Crippen molar-refractivity contribution in [2.24, 2.45) is 0 Å².